The van der Waals surface area contributed by atoms with Crippen molar-refractivity contribution in [1.82, 2.24) is 40.6 Å². The van der Waals surface area contributed by atoms with Crippen molar-refractivity contribution in [2.75, 3.05) is 39.3 Å². The summed E-state index contributed by atoms with van der Waals surface area (Å²) in [4.78, 5) is 55.5. The normalized spacial score (nSPS) is 28.6. The molecule has 5 heterocycles. The molecule has 0 unspecified atom stereocenters. The number of carbonyl (C=O) groups is 4. The lowest BCUT2D eigenvalue weighted by Crippen LogP contribution is -2.62. The smallest absolute Gasteiger partial charge is 0.353 e. The van der Waals surface area contributed by atoms with Crippen LogP contribution in [0.5, 0.6) is 0 Å². The molecular formula is C27H41N9O5S. The molecule has 2 amide bonds. The van der Waals surface area contributed by atoms with E-state index in [0.717, 1.165) is 39.0 Å². The number of thioether (sulfide) groups is 1. The summed E-state index contributed by atoms with van der Waals surface area (Å²) >= 11 is 1.48. The minimum Gasteiger partial charge on any atom is -0.477 e. The number of rotatable bonds is 13. The van der Waals surface area contributed by atoms with Gasteiger partial charge in [0.25, 0.3) is 0 Å². The molecule has 0 radical (unpaired) electrons. The lowest BCUT2D eigenvalue weighted by molar-refractivity contribution is -0.160. The maximum absolute atomic E-state index is 13.3. The van der Waals surface area contributed by atoms with Gasteiger partial charge in [0.2, 0.25) is 11.8 Å². The lowest BCUT2D eigenvalue weighted by Gasteiger charge is -2.47. The van der Waals surface area contributed by atoms with E-state index >= 15 is 0 Å². The Kier molecular flexibility index (Phi) is 9.60. The van der Waals surface area contributed by atoms with E-state index < -0.39 is 11.9 Å². The number of β-lactam (4-membered cyclic amide) rings is 1. The first-order chi connectivity index (χ1) is 20.2. The van der Waals surface area contributed by atoms with Crippen LogP contribution in [0.15, 0.2) is 16.9 Å². The van der Waals surface area contributed by atoms with Crippen LogP contribution >= 0.6 is 11.8 Å². The number of nitrogens with two attached hydrogens (primary N) is 1. The van der Waals surface area contributed by atoms with Gasteiger partial charge in [0, 0.05) is 55.2 Å². The Hall–Kier alpha value is -2.88. The molecule has 0 aliphatic carbocycles. The first-order valence-corrected chi connectivity index (χ1v) is 15.7. The van der Waals surface area contributed by atoms with E-state index in [1.807, 2.05) is 18.7 Å². The van der Waals surface area contributed by atoms with Crippen LogP contribution in [0.3, 0.4) is 0 Å². The molecule has 5 rings (SSSR count). The fourth-order valence-electron chi connectivity index (χ4n) is 6.90. The number of ketones is 1. The van der Waals surface area contributed by atoms with Crippen LogP contribution in [0.2, 0.25) is 0 Å². The predicted molar refractivity (Wildman–Crippen MR) is 154 cm³/mol. The molecule has 6 atom stereocenters. The number of carboxylic acid groups (broad SMARTS) is 1. The Bertz CT molecular complexity index is 1200. The molecular weight excluding hydrogens is 562 g/mol. The first-order valence-electron chi connectivity index (χ1n) is 14.8. The molecule has 14 nitrogen and oxygen atoms in total. The standard InChI is InChI=1S/C27H41N9O5S/c1-15(9-18(37)13-35-14-31-32-33-35)21-22-16(2)24(23(27(40)41)36(22)26(21)39)42-19-10-20(30-12-19)25(38)34-7-3-17(4-8-34)11-29-6-5-28/h14-17,19-22,29-30H,3-13,28H2,1-2H3,(H,40,41)/t15-,16+,19-,20-,21+,22+/m0/s1. The minimum atomic E-state index is -1.12. The summed E-state index contributed by atoms with van der Waals surface area (Å²) in [7, 11) is 0. The number of carboxylic acids is 1. The molecule has 0 aromatic carbocycles. The molecule has 15 heteroatoms. The van der Waals surface area contributed by atoms with Gasteiger partial charge in [-0.15, -0.1) is 16.9 Å². The number of Topliss-reactive ketones (excluding diaryl/α,β-unsaturated/α-hetero) is 1. The molecule has 1 aromatic heterocycles. The Morgan fingerprint density at radius 2 is 2.05 bits per heavy atom. The molecule has 3 saturated heterocycles. The van der Waals surface area contributed by atoms with Crippen LogP contribution in [-0.4, -0.2) is 115 Å². The van der Waals surface area contributed by atoms with Gasteiger partial charge in [0.1, 0.15) is 18.6 Å². The van der Waals surface area contributed by atoms with E-state index in [1.54, 1.807) is 0 Å². The third kappa shape index (κ3) is 6.24. The number of nitrogens with one attached hydrogen (secondary N) is 2. The summed E-state index contributed by atoms with van der Waals surface area (Å²) in [6, 6.07) is -0.591. The van der Waals surface area contributed by atoms with E-state index in [2.05, 4.69) is 26.2 Å². The van der Waals surface area contributed by atoms with Crippen molar-refractivity contribution in [3.05, 3.63) is 16.9 Å². The maximum atomic E-state index is 13.3. The maximum Gasteiger partial charge on any atom is 0.353 e. The number of aliphatic carboxylic acids is 1. The Morgan fingerprint density at radius 3 is 2.71 bits per heavy atom. The van der Waals surface area contributed by atoms with Crippen molar-refractivity contribution >= 4 is 35.3 Å². The topological polar surface area (TPSA) is 189 Å². The number of carbonyl (C=O) groups excluding carboxylic acids is 3. The third-order valence-corrected chi connectivity index (χ3v) is 10.6. The average molecular weight is 604 g/mol. The number of aromatic nitrogens is 4. The van der Waals surface area contributed by atoms with Gasteiger partial charge in [-0.3, -0.25) is 14.4 Å². The van der Waals surface area contributed by atoms with E-state index in [1.165, 1.54) is 27.7 Å². The highest BCUT2D eigenvalue weighted by Gasteiger charge is 2.60. The molecule has 0 saturated carbocycles. The summed E-state index contributed by atoms with van der Waals surface area (Å²) < 4.78 is 1.35. The highest BCUT2D eigenvalue weighted by molar-refractivity contribution is 8.03. The second-order valence-corrected chi connectivity index (χ2v) is 13.3. The summed E-state index contributed by atoms with van der Waals surface area (Å²) in [6.45, 7) is 8.28. The summed E-state index contributed by atoms with van der Waals surface area (Å²) in [5, 5.41) is 27.6. The van der Waals surface area contributed by atoms with Crippen molar-refractivity contribution in [3.63, 3.8) is 0 Å². The Labute approximate surface area is 249 Å². The van der Waals surface area contributed by atoms with Crippen molar-refractivity contribution in [1.29, 1.82) is 0 Å². The summed E-state index contributed by atoms with van der Waals surface area (Å²) in [6.07, 6.45) is 4.08. The molecule has 42 heavy (non-hydrogen) atoms. The predicted octanol–water partition coefficient (Wildman–Crippen LogP) is -0.708. The fourth-order valence-corrected chi connectivity index (χ4v) is 8.38. The minimum absolute atomic E-state index is 0.0197. The van der Waals surface area contributed by atoms with Crippen molar-refractivity contribution in [3.8, 4) is 0 Å². The molecule has 230 valence electrons. The van der Waals surface area contributed by atoms with Gasteiger partial charge in [-0.05, 0) is 48.1 Å². The molecule has 3 fully saturated rings. The van der Waals surface area contributed by atoms with Crippen LogP contribution < -0.4 is 16.4 Å². The van der Waals surface area contributed by atoms with Gasteiger partial charge in [0.05, 0.1) is 18.0 Å². The Balaban J connectivity index is 1.16. The highest BCUT2D eigenvalue weighted by atomic mass is 32.2. The summed E-state index contributed by atoms with van der Waals surface area (Å²) in [5.41, 5.74) is 5.60. The van der Waals surface area contributed by atoms with Gasteiger partial charge in [-0.1, -0.05) is 13.8 Å². The fraction of sp³-hybridized carbons (Fsp3) is 0.741. The highest BCUT2D eigenvalue weighted by Crippen LogP contribution is 2.53. The number of hydrogen-bond donors (Lipinski definition) is 4. The number of piperidine rings is 1. The number of tetrazole rings is 1. The Morgan fingerprint density at radius 1 is 1.29 bits per heavy atom. The number of amides is 2. The molecule has 1 aromatic rings. The second-order valence-electron chi connectivity index (χ2n) is 12.0. The van der Waals surface area contributed by atoms with Crippen LogP contribution in [0.4, 0.5) is 0 Å². The second kappa shape index (κ2) is 13.2. The zero-order chi connectivity index (χ0) is 30.0. The van der Waals surface area contributed by atoms with Crippen LogP contribution in [0.1, 0.15) is 39.5 Å². The number of likely N-dealkylation sites (tertiary alicyclic amines) is 1. The van der Waals surface area contributed by atoms with Crippen LogP contribution in [0.25, 0.3) is 0 Å². The largest absolute Gasteiger partial charge is 0.477 e. The van der Waals surface area contributed by atoms with Crippen molar-refractivity contribution in [2.45, 2.75) is 63.4 Å². The van der Waals surface area contributed by atoms with Crippen molar-refractivity contribution in [2.24, 2.45) is 29.4 Å². The molecule has 0 spiro atoms. The van der Waals surface area contributed by atoms with E-state index in [-0.39, 0.29) is 65.4 Å². The SMILES string of the molecule is C[C@@H](CC(=O)Cn1cnnn1)[C@H]1C(=O)N2C(C(=O)O)=C(S[C@@H]3CN[C@H](C(=O)N4CCC(CNCCN)CC4)C3)[C@H](C)[C@H]12. The molecule has 4 aliphatic heterocycles. The lowest BCUT2D eigenvalue weighted by atomic mass is 9.73. The monoisotopic (exact) mass is 603 g/mol. The number of fused-ring (bicyclic) bond motifs is 1. The first kappa shape index (κ1) is 30.6. The zero-order valence-corrected chi connectivity index (χ0v) is 25.0. The van der Waals surface area contributed by atoms with E-state index in [4.69, 9.17) is 5.73 Å². The van der Waals surface area contributed by atoms with Crippen molar-refractivity contribution < 1.29 is 24.3 Å². The van der Waals surface area contributed by atoms with Gasteiger partial charge in [-0.25, -0.2) is 9.48 Å². The quantitative estimate of drug-likeness (QED) is 0.164. The molecule has 5 N–H and O–H groups in total. The third-order valence-electron chi connectivity index (χ3n) is 9.05. The number of nitrogens with zero attached hydrogens (tertiary/aromatic N) is 6. The van der Waals surface area contributed by atoms with E-state index in [0.29, 0.717) is 30.3 Å². The van der Waals surface area contributed by atoms with Crippen LogP contribution in [-0.2, 0) is 25.7 Å². The van der Waals surface area contributed by atoms with Gasteiger partial charge < -0.3 is 31.3 Å². The van der Waals surface area contributed by atoms with Crippen LogP contribution in [0, 0.1) is 23.7 Å². The molecule has 0 bridgehead atoms. The molecule has 4 aliphatic rings. The average Bonchev–Trinajstić information content (AvgIpc) is 3.69. The van der Waals surface area contributed by atoms with Gasteiger partial charge in [-0.2, -0.15) is 0 Å². The van der Waals surface area contributed by atoms with Gasteiger partial charge in [0.15, 0.2) is 5.78 Å². The summed E-state index contributed by atoms with van der Waals surface area (Å²) in [5.74, 6) is -1.66. The zero-order valence-electron chi connectivity index (χ0n) is 24.1. The van der Waals surface area contributed by atoms with E-state index in [9.17, 15) is 24.3 Å². The number of hydrogen-bond acceptors (Lipinski definition) is 11. The van der Waals surface area contributed by atoms with Gasteiger partial charge >= 0.3 is 5.97 Å².